The molecule has 3 aromatic rings. The highest BCUT2D eigenvalue weighted by molar-refractivity contribution is 6.07. The van der Waals surface area contributed by atoms with Crippen LogP contribution in [0.1, 0.15) is 0 Å². The van der Waals surface area contributed by atoms with Gasteiger partial charge in [-0.25, -0.2) is 9.37 Å². The second kappa shape index (κ2) is 2.91. The minimum absolute atomic E-state index is 0.317. The Morgan fingerprint density at radius 1 is 1.31 bits per heavy atom. The molecule has 16 heavy (non-hydrogen) atoms. The normalized spacial score (nSPS) is 11.4. The zero-order chi connectivity index (χ0) is 11.3. The summed E-state index contributed by atoms with van der Waals surface area (Å²) in [6.45, 7) is 0. The van der Waals surface area contributed by atoms with Crippen molar-refractivity contribution in [1.29, 1.82) is 0 Å². The Bertz CT molecular complexity index is 702. The molecule has 0 bridgehead atoms. The quantitative estimate of drug-likeness (QED) is 0.623. The van der Waals surface area contributed by atoms with E-state index in [4.69, 9.17) is 5.73 Å². The molecule has 1 aromatic carbocycles. The van der Waals surface area contributed by atoms with Crippen LogP contribution in [0.2, 0.25) is 0 Å². The van der Waals surface area contributed by atoms with Gasteiger partial charge in [-0.05, 0) is 12.1 Å². The van der Waals surface area contributed by atoms with E-state index in [1.807, 2.05) is 0 Å². The first-order valence-corrected chi connectivity index (χ1v) is 4.83. The first-order valence-electron chi connectivity index (χ1n) is 4.83. The molecular formula is C11H9FN4. The fraction of sp³-hybridized carbons (Fsp3) is 0.0909. The molecule has 3 rings (SSSR count). The first-order chi connectivity index (χ1) is 7.66. The first kappa shape index (κ1) is 9.08. The predicted molar refractivity (Wildman–Crippen MR) is 60.4 cm³/mol. The summed E-state index contributed by atoms with van der Waals surface area (Å²) in [6.07, 6.45) is 1.72. The van der Waals surface area contributed by atoms with Gasteiger partial charge in [-0.3, -0.25) is 4.68 Å². The smallest absolute Gasteiger partial charge is 0.150 e. The number of fused-ring (bicyclic) bond motifs is 3. The van der Waals surface area contributed by atoms with E-state index in [9.17, 15) is 4.39 Å². The maximum Gasteiger partial charge on any atom is 0.150 e. The maximum absolute atomic E-state index is 13.1. The van der Waals surface area contributed by atoms with Gasteiger partial charge in [-0.15, -0.1) is 0 Å². The number of nitrogen functional groups attached to an aromatic ring is 1. The van der Waals surface area contributed by atoms with Crippen molar-refractivity contribution in [3.63, 3.8) is 0 Å². The lowest BCUT2D eigenvalue weighted by molar-refractivity contribution is 0.629. The van der Waals surface area contributed by atoms with Crippen LogP contribution in [0.4, 0.5) is 10.2 Å². The third-order valence-corrected chi connectivity index (χ3v) is 2.67. The Labute approximate surface area is 90.5 Å². The third kappa shape index (κ3) is 1.08. The lowest BCUT2D eigenvalue weighted by Crippen LogP contribution is -1.98. The van der Waals surface area contributed by atoms with Gasteiger partial charge >= 0.3 is 0 Å². The molecule has 0 saturated carbocycles. The largest absolute Gasteiger partial charge is 0.382 e. The van der Waals surface area contributed by atoms with E-state index in [-0.39, 0.29) is 5.82 Å². The van der Waals surface area contributed by atoms with Gasteiger partial charge in [0.15, 0.2) is 0 Å². The summed E-state index contributed by atoms with van der Waals surface area (Å²) in [7, 11) is 1.80. The summed E-state index contributed by atoms with van der Waals surface area (Å²) in [4.78, 5) is 4.17. The molecule has 0 aliphatic heterocycles. The molecule has 0 aliphatic rings. The molecule has 2 N–H and O–H groups in total. The number of nitrogens with two attached hydrogens (primary N) is 1. The fourth-order valence-corrected chi connectivity index (χ4v) is 1.95. The van der Waals surface area contributed by atoms with E-state index in [1.54, 1.807) is 24.0 Å². The molecule has 0 amide bonds. The molecule has 0 saturated heterocycles. The van der Waals surface area contributed by atoms with Gasteiger partial charge in [0.1, 0.15) is 17.2 Å². The van der Waals surface area contributed by atoms with Crippen LogP contribution < -0.4 is 5.73 Å². The van der Waals surface area contributed by atoms with Crippen LogP contribution in [-0.2, 0) is 7.05 Å². The number of anilines is 1. The predicted octanol–water partition coefficient (Wildman–Crippen LogP) is 1.84. The van der Waals surface area contributed by atoms with Gasteiger partial charge in [0.25, 0.3) is 0 Å². The van der Waals surface area contributed by atoms with Crippen LogP contribution in [0.5, 0.6) is 0 Å². The topological polar surface area (TPSA) is 56.7 Å². The molecule has 5 heteroatoms. The molecular weight excluding hydrogens is 207 g/mol. The zero-order valence-electron chi connectivity index (χ0n) is 8.61. The molecule has 80 valence electrons. The lowest BCUT2D eigenvalue weighted by atomic mass is 10.1. The van der Waals surface area contributed by atoms with Crippen molar-refractivity contribution in [2.75, 3.05) is 5.73 Å². The monoisotopic (exact) mass is 216 g/mol. The van der Waals surface area contributed by atoms with Gasteiger partial charge in [0, 0.05) is 23.9 Å². The SMILES string of the molecule is Cn1ncc2c3ccc(F)cc3nc(N)c21. The van der Waals surface area contributed by atoms with E-state index < -0.39 is 0 Å². The number of benzene rings is 1. The minimum atomic E-state index is -0.317. The number of pyridine rings is 1. The highest BCUT2D eigenvalue weighted by Gasteiger charge is 2.10. The molecule has 0 radical (unpaired) electrons. The standard InChI is InChI=1S/C11H9FN4/c1-16-10-8(5-14-16)7-3-2-6(12)4-9(7)15-11(10)13/h2-5H,1H3,(H2,13,15). The number of rotatable bonds is 0. The molecule has 0 fully saturated rings. The molecule has 0 spiro atoms. The number of nitrogens with zero attached hydrogens (tertiary/aromatic N) is 3. The van der Waals surface area contributed by atoms with Crippen LogP contribution in [0.3, 0.4) is 0 Å². The number of hydrogen-bond acceptors (Lipinski definition) is 3. The van der Waals surface area contributed by atoms with Crippen LogP contribution in [0.15, 0.2) is 24.4 Å². The second-order valence-corrected chi connectivity index (χ2v) is 3.69. The Kier molecular flexibility index (Phi) is 1.65. The van der Waals surface area contributed by atoms with Crippen molar-refractivity contribution < 1.29 is 4.39 Å². The van der Waals surface area contributed by atoms with Crippen LogP contribution in [-0.4, -0.2) is 14.8 Å². The molecule has 0 aliphatic carbocycles. The lowest BCUT2D eigenvalue weighted by Gasteiger charge is -2.03. The summed E-state index contributed by atoms with van der Waals surface area (Å²) in [5.74, 6) is 0.0516. The van der Waals surface area contributed by atoms with Crippen LogP contribution in [0.25, 0.3) is 21.8 Å². The number of aromatic nitrogens is 3. The van der Waals surface area contributed by atoms with E-state index in [0.717, 1.165) is 16.3 Å². The molecule has 0 unspecified atom stereocenters. The summed E-state index contributed by atoms with van der Waals surface area (Å²) >= 11 is 0. The van der Waals surface area contributed by atoms with Crippen molar-refractivity contribution >= 4 is 27.6 Å². The maximum atomic E-state index is 13.1. The summed E-state index contributed by atoms with van der Waals surface area (Å²) < 4.78 is 14.7. The van der Waals surface area contributed by atoms with Crippen molar-refractivity contribution in [2.45, 2.75) is 0 Å². The van der Waals surface area contributed by atoms with Crippen molar-refractivity contribution in [1.82, 2.24) is 14.8 Å². The number of aryl methyl sites for hydroxylation is 1. The molecule has 4 nitrogen and oxygen atoms in total. The van der Waals surface area contributed by atoms with Gasteiger partial charge in [-0.2, -0.15) is 5.10 Å². The zero-order valence-corrected chi connectivity index (χ0v) is 8.61. The van der Waals surface area contributed by atoms with Gasteiger partial charge in [0.05, 0.1) is 11.7 Å². The van der Waals surface area contributed by atoms with E-state index in [1.165, 1.54) is 12.1 Å². The van der Waals surface area contributed by atoms with Crippen molar-refractivity contribution in [3.8, 4) is 0 Å². The fourth-order valence-electron chi connectivity index (χ4n) is 1.95. The third-order valence-electron chi connectivity index (χ3n) is 2.67. The minimum Gasteiger partial charge on any atom is -0.382 e. The van der Waals surface area contributed by atoms with Gasteiger partial charge in [-0.1, -0.05) is 0 Å². The van der Waals surface area contributed by atoms with E-state index in [2.05, 4.69) is 10.1 Å². The second-order valence-electron chi connectivity index (χ2n) is 3.69. The molecule has 2 heterocycles. The Balaban J connectivity index is 2.59. The molecule has 2 aromatic heterocycles. The summed E-state index contributed by atoms with van der Waals surface area (Å²) in [6, 6.07) is 4.48. The molecule has 0 atom stereocenters. The Morgan fingerprint density at radius 2 is 2.12 bits per heavy atom. The van der Waals surface area contributed by atoms with Crippen LogP contribution >= 0.6 is 0 Å². The van der Waals surface area contributed by atoms with Crippen molar-refractivity contribution in [2.24, 2.45) is 7.05 Å². The average molecular weight is 216 g/mol. The Hall–Kier alpha value is -2.17. The van der Waals surface area contributed by atoms with Gasteiger partial charge < -0.3 is 5.73 Å². The van der Waals surface area contributed by atoms with Crippen LogP contribution in [0, 0.1) is 5.82 Å². The number of hydrogen-bond donors (Lipinski definition) is 1. The van der Waals surface area contributed by atoms with Gasteiger partial charge in [0.2, 0.25) is 0 Å². The highest BCUT2D eigenvalue weighted by Crippen LogP contribution is 2.27. The van der Waals surface area contributed by atoms with E-state index >= 15 is 0 Å². The van der Waals surface area contributed by atoms with Crippen molar-refractivity contribution in [3.05, 3.63) is 30.2 Å². The average Bonchev–Trinajstić information content (AvgIpc) is 2.61. The summed E-state index contributed by atoms with van der Waals surface area (Å²) in [5, 5.41) is 5.89. The Morgan fingerprint density at radius 3 is 2.94 bits per heavy atom. The highest BCUT2D eigenvalue weighted by atomic mass is 19.1. The van der Waals surface area contributed by atoms with E-state index in [0.29, 0.717) is 11.3 Å². The summed E-state index contributed by atoms with van der Waals surface area (Å²) in [5.41, 5.74) is 7.15. The number of halogens is 1.